The number of aromatic hydroxyl groups is 1. The van der Waals surface area contributed by atoms with Gasteiger partial charge < -0.3 is 25.0 Å². The van der Waals surface area contributed by atoms with Crippen LogP contribution in [0, 0.1) is 0 Å². The molecule has 0 bridgehead atoms. The zero-order chi connectivity index (χ0) is 29.4. The van der Waals surface area contributed by atoms with Gasteiger partial charge >= 0.3 is 13.2 Å². The number of aliphatic hydroxyl groups is 1. The van der Waals surface area contributed by atoms with Gasteiger partial charge in [0.2, 0.25) is 10.0 Å². The highest BCUT2D eigenvalue weighted by molar-refractivity contribution is 7.92. The van der Waals surface area contributed by atoms with Crippen LogP contribution < -0.4 is 19.5 Å². The molecule has 0 saturated carbocycles. The van der Waals surface area contributed by atoms with E-state index >= 15 is 0 Å². The lowest BCUT2D eigenvalue weighted by atomic mass is 9.97. The Kier molecular flexibility index (Phi) is 10.9. The maximum Gasteiger partial charge on any atom is 0.387 e. The van der Waals surface area contributed by atoms with Crippen molar-refractivity contribution < 1.29 is 45.7 Å². The third kappa shape index (κ3) is 9.73. The Balaban J connectivity index is 1.83. The average Bonchev–Trinajstić information content (AvgIpc) is 2.84. The third-order valence-corrected chi connectivity index (χ3v) is 6.57. The molecule has 0 saturated heterocycles. The lowest BCUT2D eigenvalue weighted by molar-refractivity contribution is -0.0692. The van der Waals surface area contributed by atoms with Crippen LogP contribution in [0.1, 0.15) is 22.7 Å². The first-order valence-corrected chi connectivity index (χ1v) is 14.1. The van der Waals surface area contributed by atoms with Gasteiger partial charge in [-0.1, -0.05) is 41.9 Å². The second-order valence-corrected chi connectivity index (χ2v) is 11.0. The van der Waals surface area contributed by atoms with Crippen molar-refractivity contribution in [3.63, 3.8) is 0 Å². The molecule has 0 amide bonds. The monoisotopic (exact) mass is 606 g/mol. The number of benzene rings is 3. The minimum absolute atomic E-state index is 0.0227. The van der Waals surface area contributed by atoms with Crippen LogP contribution >= 0.6 is 11.6 Å². The number of sulfonamides is 1. The third-order valence-electron chi connectivity index (χ3n) is 5.61. The predicted molar refractivity (Wildman–Crippen MR) is 142 cm³/mol. The summed E-state index contributed by atoms with van der Waals surface area (Å²) in [5, 5.41) is 24.2. The molecule has 0 heterocycles. The lowest BCUT2D eigenvalue weighted by Crippen LogP contribution is -2.32. The fourth-order valence-corrected chi connectivity index (χ4v) is 4.70. The summed E-state index contributed by atoms with van der Waals surface area (Å²) in [6.07, 6.45) is 0.214. The molecule has 3 rings (SSSR count). The number of nitrogens with one attached hydrogen (secondary N) is 2. The van der Waals surface area contributed by atoms with Crippen molar-refractivity contribution >= 4 is 27.3 Å². The van der Waals surface area contributed by atoms with E-state index in [0.29, 0.717) is 21.7 Å². The van der Waals surface area contributed by atoms with Crippen molar-refractivity contribution in [2.24, 2.45) is 0 Å². The molecule has 0 aromatic heterocycles. The smallest absolute Gasteiger partial charge is 0.387 e. The maximum absolute atomic E-state index is 13.0. The van der Waals surface area contributed by atoms with Gasteiger partial charge in [-0.2, -0.15) is 17.6 Å². The van der Waals surface area contributed by atoms with Crippen molar-refractivity contribution in [1.29, 1.82) is 0 Å². The Morgan fingerprint density at radius 2 is 1.60 bits per heavy atom. The fraction of sp³-hybridized carbons (Fsp3) is 0.308. The number of hydrogen-bond acceptors (Lipinski definition) is 7. The SMILES string of the molecule is CS(=O)(=O)Nc1cc(C[C@H](O)CN[C@H](Cc2ccccc2Cl)c2ccc(OC(F)F)c(OC(F)F)c2)ccc1O. The van der Waals surface area contributed by atoms with Gasteiger partial charge in [0.05, 0.1) is 18.0 Å². The summed E-state index contributed by atoms with van der Waals surface area (Å²) in [7, 11) is -3.65. The number of aliphatic hydroxyl groups excluding tert-OH is 1. The van der Waals surface area contributed by atoms with Gasteiger partial charge in [0, 0.05) is 17.6 Å². The number of alkyl halides is 4. The Morgan fingerprint density at radius 3 is 2.25 bits per heavy atom. The second kappa shape index (κ2) is 13.9. The Bertz CT molecular complexity index is 1400. The molecule has 8 nitrogen and oxygen atoms in total. The summed E-state index contributed by atoms with van der Waals surface area (Å²) in [5.74, 6) is -1.45. The molecule has 0 unspecified atom stereocenters. The number of rotatable bonds is 14. The van der Waals surface area contributed by atoms with Gasteiger partial charge in [-0.05, 0) is 59.9 Å². The van der Waals surface area contributed by atoms with E-state index in [-0.39, 0.29) is 30.8 Å². The first-order chi connectivity index (χ1) is 18.8. The maximum atomic E-state index is 13.0. The van der Waals surface area contributed by atoms with Crippen molar-refractivity contribution in [3.05, 3.63) is 82.4 Å². The van der Waals surface area contributed by atoms with Crippen LogP contribution in [0.15, 0.2) is 60.7 Å². The quantitative estimate of drug-likeness (QED) is 0.149. The minimum Gasteiger partial charge on any atom is -0.506 e. The highest BCUT2D eigenvalue weighted by Gasteiger charge is 2.21. The molecule has 0 aliphatic carbocycles. The summed E-state index contributed by atoms with van der Waals surface area (Å²) in [6.45, 7) is -6.57. The van der Waals surface area contributed by atoms with Crippen LogP contribution in [0.2, 0.25) is 5.02 Å². The Labute approximate surface area is 233 Å². The van der Waals surface area contributed by atoms with Gasteiger partial charge in [0.1, 0.15) is 5.75 Å². The lowest BCUT2D eigenvalue weighted by Gasteiger charge is -2.23. The van der Waals surface area contributed by atoms with E-state index in [9.17, 15) is 36.2 Å². The van der Waals surface area contributed by atoms with Gasteiger partial charge in [0.15, 0.2) is 11.5 Å². The van der Waals surface area contributed by atoms with E-state index in [1.165, 1.54) is 24.3 Å². The average molecular weight is 607 g/mol. The molecule has 14 heteroatoms. The zero-order valence-electron chi connectivity index (χ0n) is 21.0. The number of phenolic OH excluding ortho intramolecular Hbond substituents is 1. The molecule has 2 atom stereocenters. The predicted octanol–water partition coefficient (Wildman–Crippen LogP) is 5.10. The van der Waals surface area contributed by atoms with E-state index in [1.54, 1.807) is 24.3 Å². The molecule has 0 aliphatic rings. The standard InChI is InChI=1S/C26H27ClF4N2O6S/c1-40(36,37)33-21-11-15(6-8-22(21)35)10-18(34)14-32-20(12-16-4-2-3-5-19(16)27)17-7-9-23(38-25(28)29)24(13-17)39-26(30)31/h2-9,11,13,18,20,25-26,32-35H,10,12,14H2,1H3/t18-,20+/m0/s1. The number of phenols is 1. The van der Waals surface area contributed by atoms with Crippen molar-refractivity contribution in [2.45, 2.75) is 38.2 Å². The van der Waals surface area contributed by atoms with E-state index in [1.807, 2.05) is 0 Å². The van der Waals surface area contributed by atoms with Crippen LogP contribution in [0.5, 0.6) is 17.2 Å². The van der Waals surface area contributed by atoms with E-state index in [4.69, 9.17) is 11.6 Å². The van der Waals surface area contributed by atoms with Crippen LogP contribution in [0.3, 0.4) is 0 Å². The summed E-state index contributed by atoms with van der Waals surface area (Å²) in [6, 6.07) is 14.1. The number of halogens is 5. The molecule has 0 aliphatic heterocycles. The molecular weight excluding hydrogens is 580 g/mol. The summed E-state index contributed by atoms with van der Waals surface area (Å²) in [4.78, 5) is 0. The molecular formula is C26H27ClF4N2O6S. The molecule has 0 radical (unpaired) electrons. The number of anilines is 1. The molecule has 40 heavy (non-hydrogen) atoms. The molecule has 0 fully saturated rings. The minimum atomic E-state index is -3.65. The summed E-state index contributed by atoms with van der Waals surface area (Å²) < 4.78 is 85.5. The van der Waals surface area contributed by atoms with Gasteiger partial charge in [-0.3, -0.25) is 4.72 Å². The van der Waals surface area contributed by atoms with Crippen LogP contribution in [-0.4, -0.2) is 50.8 Å². The zero-order valence-corrected chi connectivity index (χ0v) is 22.6. The van der Waals surface area contributed by atoms with Gasteiger partial charge in [0.25, 0.3) is 0 Å². The normalized spacial score (nSPS) is 13.3. The first-order valence-electron chi connectivity index (χ1n) is 11.8. The summed E-state index contributed by atoms with van der Waals surface area (Å²) >= 11 is 6.31. The van der Waals surface area contributed by atoms with Crippen molar-refractivity contribution in [1.82, 2.24) is 5.32 Å². The van der Waals surface area contributed by atoms with Crippen molar-refractivity contribution in [3.8, 4) is 17.2 Å². The topological polar surface area (TPSA) is 117 Å². The van der Waals surface area contributed by atoms with E-state index in [2.05, 4.69) is 19.5 Å². The highest BCUT2D eigenvalue weighted by Crippen LogP contribution is 2.34. The van der Waals surface area contributed by atoms with Crippen LogP contribution in [0.4, 0.5) is 23.2 Å². The molecule has 3 aromatic carbocycles. The van der Waals surface area contributed by atoms with Gasteiger partial charge in [-0.25, -0.2) is 8.42 Å². The Hall–Kier alpha value is -3.26. The van der Waals surface area contributed by atoms with E-state index < -0.39 is 46.9 Å². The number of ether oxygens (including phenoxy) is 2. The fourth-order valence-electron chi connectivity index (χ4n) is 3.93. The molecule has 3 aromatic rings. The van der Waals surface area contributed by atoms with Gasteiger partial charge in [-0.15, -0.1) is 0 Å². The molecule has 0 spiro atoms. The van der Waals surface area contributed by atoms with Crippen molar-refractivity contribution in [2.75, 3.05) is 17.5 Å². The van der Waals surface area contributed by atoms with Crippen LogP contribution in [-0.2, 0) is 22.9 Å². The largest absolute Gasteiger partial charge is 0.506 e. The molecule has 4 N–H and O–H groups in total. The van der Waals surface area contributed by atoms with Crippen LogP contribution in [0.25, 0.3) is 0 Å². The summed E-state index contributed by atoms with van der Waals surface area (Å²) in [5.41, 5.74) is 1.53. The second-order valence-electron chi connectivity index (χ2n) is 8.80. The molecule has 218 valence electrons. The number of hydrogen-bond donors (Lipinski definition) is 4. The highest BCUT2D eigenvalue weighted by atomic mass is 35.5. The first kappa shape index (κ1) is 31.3. The van der Waals surface area contributed by atoms with E-state index in [0.717, 1.165) is 18.4 Å². The Morgan fingerprint density at radius 1 is 0.925 bits per heavy atom.